The summed E-state index contributed by atoms with van der Waals surface area (Å²) in [5, 5.41) is 0. The number of likely N-dealkylation sites (tertiary alicyclic amines) is 2. The first-order chi connectivity index (χ1) is 12.2. The summed E-state index contributed by atoms with van der Waals surface area (Å²) in [7, 11) is 0. The summed E-state index contributed by atoms with van der Waals surface area (Å²) in [5.74, 6) is 0.502. The van der Waals surface area contributed by atoms with Gasteiger partial charge in [-0.25, -0.2) is 4.79 Å². The van der Waals surface area contributed by atoms with E-state index in [9.17, 15) is 9.59 Å². The smallest absolute Gasteiger partial charge is 0.408 e. The minimum Gasteiger partial charge on any atom is -0.408 e. The van der Waals surface area contributed by atoms with Crippen molar-refractivity contribution >= 4 is 17.0 Å². The molecular weight excluding hydrogens is 318 g/mol. The van der Waals surface area contributed by atoms with Crippen molar-refractivity contribution in [1.82, 2.24) is 14.4 Å². The van der Waals surface area contributed by atoms with E-state index in [-0.39, 0.29) is 5.76 Å². The molecule has 0 atom stereocenters. The van der Waals surface area contributed by atoms with E-state index in [0.29, 0.717) is 30.5 Å². The molecule has 2 aliphatic heterocycles. The number of rotatable bonds is 4. The van der Waals surface area contributed by atoms with Crippen LogP contribution in [0.4, 0.5) is 0 Å². The quantitative estimate of drug-likeness (QED) is 0.854. The van der Waals surface area contributed by atoms with Crippen LogP contribution in [0.5, 0.6) is 0 Å². The Morgan fingerprint density at radius 2 is 1.80 bits per heavy atom. The van der Waals surface area contributed by atoms with E-state index in [0.717, 1.165) is 57.4 Å². The van der Waals surface area contributed by atoms with Gasteiger partial charge in [0.25, 0.3) is 0 Å². The zero-order valence-corrected chi connectivity index (χ0v) is 14.5. The summed E-state index contributed by atoms with van der Waals surface area (Å²) in [4.78, 5) is 28.7. The highest BCUT2D eigenvalue weighted by Gasteiger charge is 2.25. The summed E-state index contributed by atoms with van der Waals surface area (Å²) in [6.07, 6.45) is 5.02. The molecular formula is C19H25N3O3. The third-order valence-electron chi connectivity index (χ3n) is 5.54. The number of benzene rings is 1. The lowest BCUT2D eigenvalue weighted by atomic mass is 9.93. The van der Waals surface area contributed by atoms with Crippen LogP contribution in [0.1, 0.15) is 32.1 Å². The summed E-state index contributed by atoms with van der Waals surface area (Å²) in [6, 6.07) is 7.54. The molecule has 1 aromatic heterocycles. The number of oxazole rings is 1. The molecule has 2 aromatic rings. The van der Waals surface area contributed by atoms with Gasteiger partial charge in [0.2, 0.25) is 5.91 Å². The molecule has 1 amide bonds. The summed E-state index contributed by atoms with van der Waals surface area (Å²) < 4.78 is 7.00. The second-order valence-electron chi connectivity index (χ2n) is 7.26. The van der Waals surface area contributed by atoms with Gasteiger partial charge in [-0.3, -0.25) is 14.3 Å². The first-order valence-corrected chi connectivity index (χ1v) is 9.29. The molecule has 2 fully saturated rings. The Bertz CT molecular complexity index is 796. The standard InChI is InChI=1S/C19H25N3O3/c23-18(21-9-3-4-10-21)13-15-7-11-20(12-8-15)14-22-16-5-1-2-6-17(16)25-19(22)24/h1-2,5-6,15H,3-4,7-14H2. The second-order valence-corrected chi connectivity index (χ2v) is 7.26. The van der Waals surface area contributed by atoms with Gasteiger partial charge < -0.3 is 9.32 Å². The van der Waals surface area contributed by atoms with Gasteiger partial charge in [0, 0.05) is 32.6 Å². The lowest BCUT2D eigenvalue weighted by Crippen LogP contribution is -2.38. The molecule has 6 nitrogen and oxygen atoms in total. The monoisotopic (exact) mass is 343 g/mol. The summed E-state index contributed by atoms with van der Waals surface area (Å²) >= 11 is 0. The maximum absolute atomic E-state index is 12.3. The Morgan fingerprint density at radius 3 is 2.56 bits per heavy atom. The van der Waals surface area contributed by atoms with Crippen LogP contribution in [-0.4, -0.2) is 46.5 Å². The Kier molecular flexibility index (Phi) is 4.61. The molecule has 6 heteroatoms. The molecule has 0 bridgehead atoms. The molecule has 0 N–H and O–H groups in total. The number of carbonyl (C=O) groups excluding carboxylic acids is 1. The Morgan fingerprint density at radius 1 is 1.08 bits per heavy atom. The fraction of sp³-hybridized carbons (Fsp3) is 0.579. The third-order valence-corrected chi connectivity index (χ3v) is 5.54. The molecule has 3 heterocycles. The lowest BCUT2D eigenvalue weighted by molar-refractivity contribution is -0.131. The van der Waals surface area contributed by atoms with Crippen molar-refractivity contribution in [3.63, 3.8) is 0 Å². The fourth-order valence-electron chi connectivity index (χ4n) is 4.02. The van der Waals surface area contributed by atoms with Crippen LogP contribution >= 0.6 is 0 Å². The SMILES string of the molecule is O=C(CC1CCN(Cn2c(=O)oc3ccccc32)CC1)N1CCCC1. The highest BCUT2D eigenvalue weighted by molar-refractivity contribution is 5.76. The Balaban J connectivity index is 1.33. The number of piperidine rings is 1. The third kappa shape index (κ3) is 3.49. The van der Waals surface area contributed by atoms with Crippen LogP contribution in [0, 0.1) is 5.92 Å². The lowest BCUT2D eigenvalue weighted by Gasteiger charge is -2.32. The zero-order chi connectivity index (χ0) is 17.2. The van der Waals surface area contributed by atoms with Crippen LogP contribution in [0.15, 0.2) is 33.5 Å². The minimum absolute atomic E-state index is 0.299. The van der Waals surface area contributed by atoms with Gasteiger partial charge in [0.1, 0.15) is 0 Å². The van der Waals surface area contributed by atoms with E-state index < -0.39 is 0 Å². The van der Waals surface area contributed by atoms with Crippen LogP contribution in [0.2, 0.25) is 0 Å². The number of carbonyl (C=O) groups is 1. The molecule has 25 heavy (non-hydrogen) atoms. The van der Waals surface area contributed by atoms with E-state index in [1.807, 2.05) is 29.2 Å². The predicted octanol–water partition coefficient (Wildman–Crippen LogP) is 2.28. The molecule has 0 saturated carbocycles. The van der Waals surface area contributed by atoms with E-state index in [4.69, 9.17) is 4.42 Å². The molecule has 0 unspecified atom stereocenters. The number of fused-ring (bicyclic) bond motifs is 1. The molecule has 2 aliphatic rings. The molecule has 1 aromatic carbocycles. The number of para-hydroxylation sites is 2. The number of aromatic nitrogens is 1. The van der Waals surface area contributed by atoms with Crippen molar-refractivity contribution in [2.24, 2.45) is 5.92 Å². The van der Waals surface area contributed by atoms with Gasteiger partial charge in [-0.1, -0.05) is 12.1 Å². The average molecular weight is 343 g/mol. The van der Waals surface area contributed by atoms with Crippen LogP contribution in [-0.2, 0) is 11.5 Å². The maximum atomic E-state index is 12.3. The van der Waals surface area contributed by atoms with Gasteiger partial charge in [-0.15, -0.1) is 0 Å². The molecule has 0 spiro atoms. The fourth-order valence-corrected chi connectivity index (χ4v) is 4.02. The summed E-state index contributed by atoms with van der Waals surface area (Å²) in [6.45, 7) is 4.28. The first-order valence-electron chi connectivity index (χ1n) is 9.29. The maximum Gasteiger partial charge on any atom is 0.421 e. The second kappa shape index (κ2) is 7.04. The van der Waals surface area contributed by atoms with Gasteiger partial charge in [-0.2, -0.15) is 0 Å². The average Bonchev–Trinajstić information content (AvgIpc) is 3.26. The summed E-state index contributed by atoms with van der Waals surface area (Å²) in [5.41, 5.74) is 1.48. The highest BCUT2D eigenvalue weighted by Crippen LogP contribution is 2.23. The predicted molar refractivity (Wildman–Crippen MR) is 95.2 cm³/mol. The molecule has 4 rings (SSSR count). The van der Waals surface area contributed by atoms with Crippen molar-refractivity contribution in [2.75, 3.05) is 26.2 Å². The van der Waals surface area contributed by atoms with Crippen LogP contribution in [0.3, 0.4) is 0 Å². The van der Waals surface area contributed by atoms with Gasteiger partial charge in [0.05, 0.1) is 12.2 Å². The van der Waals surface area contributed by atoms with Crippen molar-refractivity contribution in [2.45, 2.75) is 38.8 Å². The topological polar surface area (TPSA) is 58.7 Å². The Labute approximate surface area is 147 Å². The number of hydrogen-bond donors (Lipinski definition) is 0. The largest absolute Gasteiger partial charge is 0.421 e. The van der Waals surface area contributed by atoms with Crippen molar-refractivity contribution in [3.8, 4) is 0 Å². The number of hydrogen-bond acceptors (Lipinski definition) is 4. The molecule has 0 radical (unpaired) electrons. The van der Waals surface area contributed by atoms with Gasteiger partial charge in [0.15, 0.2) is 5.58 Å². The minimum atomic E-state index is -0.299. The van der Waals surface area contributed by atoms with Crippen LogP contribution < -0.4 is 5.76 Å². The van der Waals surface area contributed by atoms with Crippen molar-refractivity contribution in [3.05, 3.63) is 34.8 Å². The number of amides is 1. The van der Waals surface area contributed by atoms with Crippen LogP contribution in [0.25, 0.3) is 11.1 Å². The number of nitrogens with zero attached hydrogens (tertiary/aromatic N) is 3. The Hall–Kier alpha value is -2.08. The highest BCUT2D eigenvalue weighted by atomic mass is 16.4. The van der Waals surface area contributed by atoms with E-state index in [1.54, 1.807) is 4.57 Å². The zero-order valence-electron chi connectivity index (χ0n) is 14.5. The van der Waals surface area contributed by atoms with Gasteiger partial charge >= 0.3 is 5.76 Å². The van der Waals surface area contributed by atoms with Crippen molar-refractivity contribution in [1.29, 1.82) is 0 Å². The van der Waals surface area contributed by atoms with Gasteiger partial charge in [-0.05, 0) is 43.7 Å². The first kappa shape index (κ1) is 16.4. The normalized spacial score (nSPS) is 19.8. The van der Waals surface area contributed by atoms with E-state index in [1.165, 1.54) is 0 Å². The van der Waals surface area contributed by atoms with E-state index >= 15 is 0 Å². The van der Waals surface area contributed by atoms with Crippen molar-refractivity contribution < 1.29 is 9.21 Å². The molecule has 134 valence electrons. The molecule has 2 saturated heterocycles. The van der Waals surface area contributed by atoms with E-state index in [2.05, 4.69) is 4.90 Å². The molecule has 0 aliphatic carbocycles.